The first-order valence-corrected chi connectivity index (χ1v) is 8.35. The fraction of sp³-hybridized carbons (Fsp3) is 0.300. The van der Waals surface area contributed by atoms with E-state index in [1.807, 2.05) is 43.3 Å². The highest BCUT2D eigenvalue weighted by Crippen LogP contribution is 2.22. The average molecular weight is 340 g/mol. The zero-order chi connectivity index (χ0) is 18.2. The Labute approximate surface area is 148 Å². The number of rotatable bonds is 7. The van der Waals surface area contributed by atoms with Crippen molar-refractivity contribution in [3.05, 3.63) is 54.1 Å². The molecule has 0 saturated heterocycles. The number of para-hydroxylation sites is 1. The number of amides is 2. The van der Waals surface area contributed by atoms with Crippen LogP contribution in [0.5, 0.6) is 5.75 Å². The van der Waals surface area contributed by atoms with E-state index in [1.165, 1.54) is 6.92 Å². The highest BCUT2D eigenvalue weighted by molar-refractivity contribution is 5.95. The van der Waals surface area contributed by atoms with E-state index in [-0.39, 0.29) is 18.2 Å². The Morgan fingerprint density at radius 1 is 1.12 bits per heavy atom. The van der Waals surface area contributed by atoms with Crippen LogP contribution in [0, 0.1) is 0 Å². The van der Waals surface area contributed by atoms with Gasteiger partial charge in [0.05, 0.1) is 7.11 Å². The molecule has 0 atom stereocenters. The van der Waals surface area contributed by atoms with E-state index in [0.29, 0.717) is 18.0 Å². The molecule has 5 nitrogen and oxygen atoms in total. The van der Waals surface area contributed by atoms with Crippen LogP contribution < -0.4 is 15.0 Å². The number of hydrogen-bond donors (Lipinski definition) is 1. The van der Waals surface area contributed by atoms with Crippen LogP contribution >= 0.6 is 0 Å². The molecular formula is C20H24N2O3. The van der Waals surface area contributed by atoms with E-state index in [4.69, 9.17) is 4.74 Å². The second kappa shape index (κ2) is 8.87. The summed E-state index contributed by atoms with van der Waals surface area (Å²) in [6, 6.07) is 15.0. The number of nitrogens with one attached hydrogen (secondary N) is 1. The Kier molecular flexibility index (Phi) is 6.57. The largest absolute Gasteiger partial charge is 0.497 e. The number of carbonyl (C=O) groups excluding carboxylic acids is 2. The number of aryl methyl sites for hydroxylation is 1. The molecule has 0 bridgehead atoms. The van der Waals surface area contributed by atoms with Crippen LogP contribution in [0.1, 0.15) is 25.8 Å². The van der Waals surface area contributed by atoms with Crippen molar-refractivity contribution < 1.29 is 14.3 Å². The lowest BCUT2D eigenvalue weighted by Crippen LogP contribution is -2.32. The molecule has 0 unspecified atom stereocenters. The molecule has 0 aromatic heterocycles. The third kappa shape index (κ3) is 5.08. The van der Waals surface area contributed by atoms with Crippen molar-refractivity contribution >= 4 is 23.2 Å². The summed E-state index contributed by atoms with van der Waals surface area (Å²) >= 11 is 0. The molecule has 5 heteroatoms. The first-order valence-electron chi connectivity index (χ1n) is 8.35. The van der Waals surface area contributed by atoms with E-state index in [2.05, 4.69) is 5.32 Å². The summed E-state index contributed by atoms with van der Waals surface area (Å²) < 4.78 is 5.15. The van der Waals surface area contributed by atoms with Crippen molar-refractivity contribution in [2.24, 2.45) is 0 Å². The van der Waals surface area contributed by atoms with Crippen molar-refractivity contribution in [1.29, 1.82) is 0 Å². The topological polar surface area (TPSA) is 58.6 Å². The fourth-order valence-electron chi connectivity index (χ4n) is 2.66. The molecule has 0 aliphatic carbocycles. The zero-order valence-electron chi connectivity index (χ0n) is 14.9. The second-order valence-corrected chi connectivity index (χ2v) is 5.68. The first kappa shape index (κ1) is 18.5. The molecule has 0 spiro atoms. The molecule has 0 heterocycles. The molecule has 1 N–H and O–H groups in total. The van der Waals surface area contributed by atoms with Crippen molar-refractivity contribution in [1.82, 2.24) is 0 Å². The van der Waals surface area contributed by atoms with Gasteiger partial charge in [-0.3, -0.25) is 9.59 Å². The molecule has 2 aromatic rings. The van der Waals surface area contributed by atoms with Gasteiger partial charge in [0.2, 0.25) is 11.8 Å². The van der Waals surface area contributed by atoms with Crippen LogP contribution in [0.25, 0.3) is 0 Å². The SMILES string of the molecule is CCc1ccccc1N(CCC(=O)Nc1cccc(OC)c1)C(C)=O. The summed E-state index contributed by atoms with van der Waals surface area (Å²) in [7, 11) is 1.58. The van der Waals surface area contributed by atoms with Crippen molar-refractivity contribution in [3.63, 3.8) is 0 Å². The van der Waals surface area contributed by atoms with Gasteiger partial charge >= 0.3 is 0 Å². The summed E-state index contributed by atoms with van der Waals surface area (Å²) in [6.07, 6.45) is 1.05. The highest BCUT2D eigenvalue weighted by atomic mass is 16.5. The second-order valence-electron chi connectivity index (χ2n) is 5.68. The number of nitrogens with zero attached hydrogens (tertiary/aromatic N) is 1. The van der Waals surface area contributed by atoms with Gasteiger partial charge in [-0.25, -0.2) is 0 Å². The Morgan fingerprint density at radius 2 is 1.88 bits per heavy atom. The molecule has 25 heavy (non-hydrogen) atoms. The van der Waals surface area contributed by atoms with Gasteiger partial charge in [0.1, 0.15) is 5.75 Å². The molecule has 0 aliphatic rings. The van der Waals surface area contributed by atoms with Crippen molar-refractivity contribution in [2.45, 2.75) is 26.7 Å². The molecular weight excluding hydrogens is 316 g/mol. The minimum absolute atomic E-state index is 0.0740. The number of benzene rings is 2. The Bertz CT molecular complexity index is 743. The van der Waals surface area contributed by atoms with E-state index >= 15 is 0 Å². The smallest absolute Gasteiger partial charge is 0.226 e. The van der Waals surface area contributed by atoms with Gasteiger partial charge in [0.15, 0.2) is 0 Å². The summed E-state index contributed by atoms with van der Waals surface area (Å²) in [5, 5.41) is 2.83. The summed E-state index contributed by atoms with van der Waals surface area (Å²) in [5.74, 6) is 0.462. The van der Waals surface area contributed by atoms with E-state index in [0.717, 1.165) is 17.7 Å². The number of methoxy groups -OCH3 is 1. The summed E-state index contributed by atoms with van der Waals surface area (Å²) in [4.78, 5) is 25.9. The van der Waals surface area contributed by atoms with Gasteiger partial charge in [-0.1, -0.05) is 31.2 Å². The third-order valence-electron chi connectivity index (χ3n) is 3.96. The van der Waals surface area contributed by atoms with Crippen molar-refractivity contribution in [2.75, 3.05) is 23.9 Å². The minimum atomic E-state index is -0.145. The highest BCUT2D eigenvalue weighted by Gasteiger charge is 2.16. The monoisotopic (exact) mass is 340 g/mol. The lowest BCUT2D eigenvalue weighted by Gasteiger charge is -2.23. The maximum Gasteiger partial charge on any atom is 0.226 e. The molecule has 2 amide bonds. The van der Waals surface area contributed by atoms with Gasteiger partial charge in [-0.15, -0.1) is 0 Å². The third-order valence-corrected chi connectivity index (χ3v) is 3.96. The van der Waals surface area contributed by atoms with Crippen LogP contribution in [-0.2, 0) is 16.0 Å². The predicted molar refractivity (Wildman–Crippen MR) is 100 cm³/mol. The minimum Gasteiger partial charge on any atom is -0.497 e. The number of hydrogen-bond acceptors (Lipinski definition) is 3. The summed E-state index contributed by atoms with van der Waals surface area (Å²) in [5.41, 5.74) is 2.63. The van der Waals surface area contributed by atoms with Crippen LogP contribution in [0.3, 0.4) is 0 Å². The fourth-order valence-corrected chi connectivity index (χ4v) is 2.66. The molecule has 2 aromatic carbocycles. The van der Waals surface area contributed by atoms with Gasteiger partial charge in [-0.05, 0) is 30.2 Å². The molecule has 0 aliphatic heterocycles. The number of anilines is 2. The number of ether oxygens (including phenoxy) is 1. The quantitative estimate of drug-likeness (QED) is 0.837. The number of carbonyl (C=O) groups is 2. The standard InChI is InChI=1S/C20H24N2O3/c1-4-16-8-5-6-11-19(16)22(15(2)23)13-12-20(24)21-17-9-7-10-18(14-17)25-3/h5-11,14H,4,12-13H2,1-3H3,(H,21,24). The van der Waals surface area contributed by atoms with Crippen LogP contribution in [0.15, 0.2) is 48.5 Å². The maximum absolute atomic E-state index is 12.2. The Hall–Kier alpha value is -2.82. The molecule has 132 valence electrons. The van der Waals surface area contributed by atoms with Crippen LogP contribution in [-0.4, -0.2) is 25.5 Å². The Morgan fingerprint density at radius 3 is 2.56 bits per heavy atom. The van der Waals surface area contributed by atoms with Crippen molar-refractivity contribution in [3.8, 4) is 5.75 Å². The van der Waals surface area contributed by atoms with Gasteiger partial charge in [0, 0.05) is 37.3 Å². The lowest BCUT2D eigenvalue weighted by molar-refractivity contribution is -0.117. The maximum atomic E-state index is 12.2. The molecule has 0 radical (unpaired) electrons. The van der Waals surface area contributed by atoms with Crippen LogP contribution in [0.4, 0.5) is 11.4 Å². The molecule has 2 rings (SSSR count). The molecule has 0 saturated carbocycles. The van der Waals surface area contributed by atoms with Gasteiger partial charge in [0.25, 0.3) is 0 Å². The van der Waals surface area contributed by atoms with Gasteiger partial charge < -0.3 is 15.0 Å². The lowest BCUT2D eigenvalue weighted by atomic mass is 10.1. The predicted octanol–water partition coefficient (Wildman–Crippen LogP) is 3.64. The van der Waals surface area contributed by atoms with Crippen LogP contribution in [0.2, 0.25) is 0 Å². The van der Waals surface area contributed by atoms with E-state index in [9.17, 15) is 9.59 Å². The average Bonchev–Trinajstić information content (AvgIpc) is 2.62. The van der Waals surface area contributed by atoms with Gasteiger partial charge in [-0.2, -0.15) is 0 Å². The Balaban J connectivity index is 2.03. The normalized spacial score (nSPS) is 10.2. The summed E-state index contributed by atoms with van der Waals surface area (Å²) in [6.45, 7) is 3.90. The zero-order valence-corrected chi connectivity index (χ0v) is 14.9. The van der Waals surface area contributed by atoms with E-state index < -0.39 is 0 Å². The first-order chi connectivity index (χ1) is 12.0. The molecule has 0 fully saturated rings. The van der Waals surface area contributed by atoms with E-state index in [1.54, 1.807) is 24.1 Å².